The molecular weight excluding hydrogens is 867 g/mol. The van der Waals surface area contributed by atoms with Gasteiger partial charge in [-0.15, -0.1) is 11.3 Å². The quantitative estimate of drug-likeness (QED) is 0.166. The Bertz CT molecular complexity index is 2300. The van der Waals surface area contributed by atoms with Gasteiger partial charge in [-0.1, -0.05) is 50.2 Å². The lowest BCUT2D eigenvalue weighted by molar-refractivity contribution is -0.155. The van der Waals surface area contributed by atoms with E-state index in [4.69, 9.17) is 19.4 Å². The van der Waals surface area contributed by atoms with E-state index in [-0.39, 0.29) is 91.1 Å². The molecule has 3 aliphatic heterocycles. The fraction of sp³-hybridized carbons (Fsp3) is 0.432. The molecule has 6 heterocycles. The number of nitrogens with one attached hydrogen (secondary N) is 2. The molecule has 61 heavy (non-hydrogen) atoms. The Labute approximate surface area is 390 Å². The van der Waals surface area contributed by atoms with Crippen LogP contribution in [0, 0.1) is 5.41 Å². The smallest absolute Gasteiger partial charge is 0.324 e. The third-order valence-electron chi connectivity index (χ3n) is 11.6. The van der Waals surface area contributed by atoms with Crippen molar-refractivity contribution in [2.45, 2.75) is 90.6 Å². The molecule has 0 unspecified atom stereocenters. The monoisotopic (exact) mass is 925 g/mol. The lowest BCUT2D eigenvalue weighted by Gasteiger charge is -2.42. The van der Waals surface area contributed by atoms with E-state index in [1.54, 1.807) is 18.2 Å². The van der Waals surface area contributed by atoms with Crippen molar-refractivity contribution >= 4 is 94.1 Å². The molecule has 0 saturated carbocycles. The predicted molar refractivity (Wildman–Crippen MR) is 262 cm³/mol. The largest absolute Gasteiger partial charge is 0.464 e. The molecule has 8 rings (SSSR count). The standard InChI is InChI=1S/C44H51N7O5S.4H2S/c1-6-49-37-17-16-29-22-31(37)32(40(49)30-14-10-19-45-39(30)27(2)55-5)24-44(3,4)26-56-42(53)33-15-11-20-51(48-33)41(52)34(23-38-46-35(29)25-57-38)47-43(54)50-21-18-36(50)28-12-8-7-9-13-28;;;;/h7-10,12-14,16-17,19,22,25,27,33-34,36,48H,6,11,15,18,20-21,23-24,26H2,1-5H3,(H,47,54);4*1H2/t27-,33-,34-,36-;;;;/m0..../s1. The Kier molecular flexibility index (Phi) is 17.3. The van der Waals surface area contributed by atoms with E-state index >= 15 is 0 Å². The number of methoxy groups -OCH3 is 1. The van der Waals surface area contributed by atoms with Crippen LogP contribution in [0.5, 0.6) is 0 Å². The maximum Gasteiger partial charge on any atom is 0.324 e. The Morgan fingerprint density at radius 3 is 2.52 bits per heavy atom. The number of rotatable bonds is 6. The molecule has 12 nitrogen and oxygen atoms in total. The molecule has 5 aromatic rings. The van der Waals surface area contributed by atoms with E-state index in [1.165, 1.54) is 16.3 Å². The van der Waals surface area contributed by atoms with Gasteiger partial charge in [0.15, 0.2) is 0 Å². The highest BCUT2D eigenvalue weighted by Gasteiger charge is 2.39. The minimum absolute atomic E-state index is 0. The zero-order valence-electron chi connectivity index (χ0n) is 35.3. The lowest BCUT2D eigenvalue weighted by atomic mass is 9.84. The maximum atomic E-state index is 14.3. The normalized spacial score (nSPS) is 20.3. The van der Waals surface area contributed by atoms with Gasteiger partial charge >= 0.3 is 12.0 Å². The zero-order valence-corrected chi connectivity index (χ0v) is 40.1. The summed E-state index contributed by atoms with van der Waals surface area (Å²) in [4.78, 5) is 53.6. The van der Waals surface area contributed by atoms with Crippen LogP contribution in [0.2, 0.25) is 0 Å². The molecule has 330 valence electrons. The number of amides is 3. The zero-order chi connectivity index (χ0) is 39.8. The van der Waals surface area contributed by atoms with Gasteiger partial charge < -0.3 is 24.3 Å². The molecule has 2 fully saturated rings. The molecule has 3 aliphatic rings. The first-order valence-electron chi connectivity index (χ1n) is 20.0. The summed E-state index contributed by atoms with van der Waals surface area (Å²) in [5.41, 5.74) is 10.7. The maximum absolute atomic E-state index is 14.3. The number of hydrogen-bond acceptors (Lipinski definition) is 9. The first kappa shape index (κ1) is 49.9. The summed E-state index contributed by atoms with van der Waals surface area (Å²) >= 11 is 1.47. The molecule has 2 aromatic carbocycles. The lowest BCUT2D eigenvalue weighted by Crippen LogP contribution is -2.62. The summed E-state index contributed by atoms with van der Waals surface area (Å²) in [6, 6.07) is 18.5. The molecule has 0 aliphatic carbocycles. The van der Waals surface area contributed by atoms with Gasteiger partial charge in [0.05, 0.1) is 40.8 Å². The summed E-state index contributed by atoms with van der Waals surface area (Å²) in [5.74, 6) is -0.715. The van der Waals surface area contributed by atoms with E-state index in [2.05, 4.69) is 60.3 Å². The van der Waals surface area contributed by atoms with Gasteiger partial charge in [0.2, 0.25) is 0 Å². The Balaban J connectivity index is 0.00000205. The van der Waals surface area contributed by atoms with Gasteiger partial charge in [0, 0.05) is 72.2 Å². The van der Waals surface area contributed by atoms with Gasteiger partial charge in [0.1, 0.15) is 12.1 Å². The van der Waals surface area contributed by atoms with Gasteiger partial charge in [-0.25, -0.2) is 15.2 Å². The van der Waals surface area contributed by atoms with Crippen LogP contribution < -0.4 is 10.7 Å². The van der Waals surface area contributed by atoms with Gasteiger partial charge in [-0.2, -0.15) is 54.0 Å². The number of pyridine rings is 1. The van der Waals surface area contributed by atoms with Crippen LogP contribution in [0.3, 0.4) is 0 Å². The fourth-order valence-corrected chi connectivity index (χ4v) is 9.30. The molecular formula is C44H59N7O5S5. The number of aryl methyl sites for hydroxylation is 1. The topological polar surface area (TPSA) is 131 Å². The van der Waals surface area contributed by atoms with Crippen molar-refractivity contribution in [3.63, 3.8) is 0 Å². The number of fused-ring (bicyclic) bond motifs is 6. The van der Waals surface area contributed by atoms with E-state index in [0.29, 0.717) is 32.4 Å². The molecule has 4 atom stereocenters. The van der Waals surface area contributed by atoms with E-state index < -0.39 is 23.5 Å². The van der Waals surface area contributed by atoms with Crippen LogP contribution in [0.25, 0.3) is 33.4 Å². The van der Waals surface area contributed by atoms with E-state index in [9.17, 15) is 14.4 Å². The second-order valence-corrected chi connectivity index (χ2v) is 17.1. The van der Waals surface area contributed by atoms with Crippen LogP contribution in [0.15, 0.2) is 72.2 Å². The third kappa shape index (κ3) is 10.2. The second kappa shape index (κ2) is 21.1. The number of nitrogens with zero attached hydrogens (tertiary/aromatic N) is 5. The number of carbonyl (C=O) groups is 3. The number of aromatic nitrogens is 3. The number of likely N-dealkylation sites (tertiary alicyclic amines) is 1. The number of urea groups is 1. The molecule has 0 radical (unpaired) electrons. The fourth-order valence-electron chi connectivity index (χ4n) is 8.45. The number of esters is 1. The minimum atomic E-state index is -0.910. The van der Waals surface area contributed by atoms with Crippen LogP contribution in [0.4, 0.5) is 4.79 Å². The minimum Gasteiger partial charge on any atom is -0.464 e. The van der Waals surface area contributed by atoms with Crippen molar-refractivity contribution in [2.75, 3.05) is 26.8 Å². The number of hydrazine groups is 1. The molecule has 6 bridgehead atoms. The second-order valence-electron chi connectivity index (χ2n) is 16.1. The van der Waals surface area contributed by atoms with Crippen molar-refractivity contribution in [1.82, 2.24) is 35.2 Å². The molecule has 3 aromatic heterocycles. The third-order valence-corrected chi connectivity index (χ3v) is 12.5. The molecule has 3 amide bonds. The van der Waals surface area contributed by atoms with Gasteiger partial charge in [-0.05, 0) is 74.9 Å². The number of thiazole rings is 1. The van der Waals surface area contributed by atoms with Crippen molar-refractivity contribution < 1.29 is 23.9 Å². The Morgan fingerprint density at radius 1 is 1.05 bits per heavy atom. The van der Waals surface area contributed by atoms with Crippen molar-refractivity contribution in [2.24, 2.45) is 5.41 Å². The Morgan fingerprint density at radius 2 is 1.82 bits per heavy atom. The van der Waals surface area contributed by atoms with Crippen molar-refractivity contribution in [1.29, 1.82) is 0 Å². The van der Waals surface area contributed by atoms with Crippen LogP contribution in [-0.4, -0.2) is 81.2 Å². The average Bonchev–Trinajstić information content (AvgIpc) is 3.80. The number of ether oxygens (including phenoxy) is 2. The highest BCUT2D eigenvalue weighted by Crippen LogP contribution is 2.42. The number of benzene rings is 2. The summed E-state index contributed by atoms with van der Waals surface area (Å²) in [6.45, 7) is 10.3. The number of carbonyl (C=O) groups excluding carboxylic acids is 3. The first-order valence-corrected chi connectivity index (χ1v) is 20.9. The number of cyclic esters (lactones) is 1. The summed E-state index contributed by atoms with van der Waals surface area (Å²) in [5, 5.41) is 8.40. The van der Waals surface area contributed by atoms with E-state index in [0.717, 1.165) is 68.2 Å². The summed E-state index contributed by atoms with van der Waals surface area (Å²) < 4.78 is 14.2. The van der Waals surface area contributed by atoms with Gasteiger partial charge in [0.25, 0.3) is 5.91 Å². The summed E-state index contributed by atoms with van der Waals surface area (Å²) in [7, 11) is 1.70. The van der Waals surface area contributed by atoms with Crippen LogP contribution in [0.1, 0.15) is 80.9 Å². The molecule has 17 heteroatoms. The van der Waals surface area contributed by atoms with Gasteiger partial charge in [-0.3, -0.25) is 19.6 Å². The highest BCUT2D eigenvalue weighted by atomic mass is 32.1. The first-order chi connectivity index (χ1) is 27.5. The molecule has 2 N–H and O–H groups in total. The molecule has 0 spiro atoms. The Hall–Kier alpha value is -3.71. The summed E-state index contributed by atoms with van der Waals surface area (Å²) in [6.07, 6.45) is 4.39. The van der Waals surface area contributed by atoms with Crippen LogP contribution >= 0.6 is 65.3 Å². The molecule has 2 saturated heterocycles. The van der Waals surface area contributed by atoms with Crippen molar-refractivity contribution in [3.05, 3.63) is 94.1 Å². The van der Waals surface area contributed by atoms with Crippen LogP contribution in [-0.2, 0) is 38.4 Å². The SMILES string of the molecule is CCn1c(-c2cccnc2[C@H](C)OC)c2c3cc(ccc31)-c1csc(n1)C[C@H](NC(=O)N1CC[C@H]1c1ccccc1)C(=O)N1CCC[C@H](N1)C(=O)OCC(C)(C)C2.S.S.S.S. The highest BCUT2D eigenvalue weighted by molar-refractivity contribution is 7.59. The number of hydrogen-bond donors (Lipinski definition) is 2. The predicted octanol–water partition coefficient (Wildman–Crippen LogP) is 7.69. The van der Waals surface area contributed by atoms with E-state index in [1.807, 2.05) is 48.7 Å². The van der Waals surface area contributed by atoms with Crippen molar-refractivity contribution in [3.8, 4) is 22.5 Å². The average molecular weight is 926 g/mol.